The lowest BCUT2D eigenvalue weighted by Gasteiger charge is -2.36. The highest BCUT2D eigenvalue weighted by Crippen LogP contribution is 2.30. The van der Waals surface area contributed by atoms with Crippen molar-refractivity contribution in [2.24, 2.45) is 0 Å². The molecule has 1 aliphatic heterocycles. The molecule has 0 aromatic heterocycles. The van der Waals surface area contributed by atoms with E-state index in [1.807, 2.05) is 0 Å². The van der Waals surface area contributed by atoms with Gasteiger partial charge in [0.15, 0.2) is 0 Å². The Morgan fingerprint density at radius 2 is 1.75 bits per heavy atom. The molecule has 170 valence electrons. The summed E-state index contributed by atoms with van der Waals surface area (Å²) in [7, 11) is 0. The molecule has 9 nitrogen and oxygen atoms in total. The van der Waals surface area contributed by atoms with Crippen molar-refractivity contribution >= 4 is 28.9 Å². The number of benzene rings is 2. The monoisotopic (exact) mass is 440 g/mol. The summed E-state index contributed by atoms with van der Waals surface area (Å²) in [5.74, 6) is -0.959. The van der Waals surface area contributed by atoms with Gasteiger partial charge in [-0.15, -0.1) is 0 Å². The van der Waals surface area contributed by atoms with E-state index in [1.165, 1.54) is 6.07 Å². The van der Waals surface area contributed by atoms with Gasteiger partial charge in [0.25, 0.3) is 11.6 Å². The molecule has 3 rings (SSSR count). The minimum absolute atomic E-state index is 0.117. The molecule has 2 aromatic carbocycles. The van der Waals surface area contributed by atoms with E-state index in [0.717, 1.165) is 38.4 Å². The number of nitrogens with one attached hydrogen (secondary N) is 1. The van der Waals surface area contributed by atoms with Gasteiger partial charge in [-0.25, -0.2) is 4.79 Å². The zero-order valence-electron chi connectivity index (χ0n) is 18.6. The lowest BCUT2D eigenvalue weighted by atomic mass is 10.1. The van der Waals surface area contributed by atoms with Crippen molar-refractivity contribution < 1.29 is 19.2 Å². The standard InChI is InChI=1S/C23H28N4O5/c1-4-25-10-12-26(13-11-25)20-9-8-18(23(29)32-5-2)14-19(20)24-22(28)17-7-6-16(3)21(15-17)27(30)31/h6-9,14-15H,4-5,10-13H2,1-3H3,(H,24,28). The maximum Gasteiger partial charge on any atom is 0.338 e. The van der Waals surface area contributed by atoms with Crippen molar-refractivity contribution in [3.63, 3.8) is 0 Å². The SMILES string of the molecule is CCOC(=O)c1ccc(N2CCN(CC)CC2)c(NC(=O)c2ccc(C)c([N+](=O)[O-])c2)c1. The van der Waals surface area contributed by atoms with Gasteiger partial charge in [0, 0.05) is 43.4 Å². The van der Waals surface area contributed by atoms with E-state index in [9.17, 15) is 19.7 Å². The van der Waals surface area contributed by atoms with Crippen LogP contribution in [0, 0.1) is 17.0 Å². The third-order valence-electron chi connectivity index (χ3n) is 5.58. The lowest BCUT2D eigenvalue weighted by Crippen LogP contribution is -2.46. The van der Waals surface area contributed by atoms with Crippen molar-refractivity contribution in [3.8, 4) is 0 Å². The van der Waals surface area contributed by atoms with Gasteiger partial charge in [-0.2, -0.15) is 0 Å². The highest BCUT2D eigenvalue weighted by Gasteiger charge is 2.22. The Bertz CT molecular complexity index is 1020. The van der Waals surface area contributed by atoms with Crippen LogP contribution in [-0.2, 0) is 4.74 Å². The number of carbonyl (C=O) groups excluding carboxylic acids is 2. The third-order valence-corrected chi connectivity index (χ3v) is 5.58. The Morgan fingerprint density at radius 1 is 1.06 bits per heavy atom. The highest BCUT2D eigenvalue weighted by molar-refractivity contribution is 6.07. The number of likely N-dealkylation sites (N-methyl/N-ethyl adjacent to an activating group) is 1. The molecule has 0 bridgehead atoms. The number of nitro benzene ring substituents is 1. The Morgan fingerprint density at radius 3 is 2.38 bits per heavy atom. The number of aryl methyl sites for hydroxylation is 1. The first-order valence-electron chi connectivity index (χ1n) is 10.7. The van der Waals surface area contributed by atoms with Crippen molar-refractivity contribution in [2.75, 3.05) is 49.5 Å². The smallest absolute Gasteiger partial charge is 0.338 e. The van der Waals surface area contributed by atoms with Gasteiger partial charge in [-0.05, 0) is 44.7 Å². The minimum Gasteiger partial charge on any atom is -0.462 e. The minimum atomic E-state index is -0.508. The summed E-state index contributed by atoms with van der Waals surface area (Å²) in [6, 6.07) is 9.45. The fraction of sp³-hybridized carbons (Fsp3) is 0.391. The molecule has 0 unspecified atom stereocenters. The molecule has 2 aromatic rings. The van der Waals surface area contributed by atoms with Crippen LogP contribution in [0.4, 0.5) is 17.1 Å². The van der Waals surface area contributed by atoms with Gasteiger partial charge in [0.1, 0.15) is 0 Å². The molecular weight excluding hydrogens is 412 g/mol. The highest BCUT2D eigenvalue weighted by atomic mass is 16.6. The second kappa shape index (κ2) is 10.2. The molecule has 1 fully saturated rings. The summed E-state index contributed by atoms with van der Waals surface area (Å²) in [4.78, 5) is 40.5. The van der Waals surface area contributed by atoms with E-state index in [-0.39, 0.29) is 17.9 Å². The molecule has 0 aliphatic carbocycles. The Hall–Kier alpha value is -3.46. The first-order valence-corrected chi connectivity index (χ1v) is 10.7. The molecule has 1 amide bonds. The molecule has 0 radical (unpaired) electrons. The van der Waals surface area contributed by atoms with E-state index >= 15 is 0 Å². The van der Waals surface area contributed by atoms with Crippen LogP contribution in [0.1, 0.15) is 40.1 Å². The van der Waals surface area contributed by atoms with E-state index < -0.39 is 16.8 Å². The number of ether oxygens (including phenoxy) is 1. The molecule has 0 atom stereocenters. The van der Waals surface area contributed by atoms with Crippen LogP contribution >= 0.6 is 0 Å². The van der Waals surface area contributed by atoms with Crippen LogP contribution in [0.25, 0.3) is 0 Å². The number of esters is 1. The number of hydrogen-bond donors (Lipinski definition) is 1. The third kappa shape index (κ3) is 5.23. The van der Waals surface area contributed by atoms with Gasteiger partial charge < -0.3 is 19.9 Å². The number of nitrogens with zero attached hydrogens (tertiary/aromatic N) is 3. The molecule has 32 heavy (non-hydrogen) atoms. The molecular formula is C23H28N4O5. The summed E-state index contributed by atoms with van der Waals surface area (Å²) in [5, 5.41) is 14.1. The number of carbonyl (C=O) groups is 2. The molecule has 1 heterocycles. The van der Waals surface area contributed by atoms with Gasteiger partial charge in [0.05, 0.1) is 28.5 Å². The van der Waals surface area contributed by atoms with Crippen LogP contribution in [-0.4, -0.2) is 61.0 Å². The van der Waals surface area contributed by atoms with Gasteiger partial charge >= 0.3 is 5.97 Å². The average molecular weight is 441 g/mol. The van der Waals surface area contributed by atoms with Crippen LogP contribution in [0.2, 0.25) is 0 Å². The number of anilines is 2. The largest absolute Gasteiger partial charge is 0.462 e. The zero-order valence-corrected chi connectivity index (χ0v) is 18.6. The van der Waals surface area contributed by atoms with Crippen molar-refractivity contribution in [3.05, 3.63) is 63.2 Å². The number of rotatable bonds is 7. The lowest BCUT2D eigenvalue weighted by molar-refractivity contribution is -0.385. The Balaban J connectivity index is 1.92. The second-order valence-electron chi connectivity index (χ2n) is 7.59. The predicted octanol–water partition coefficient (Wildman–Crippen LogP) is 3.47. The Labute approximate surface area is 187 Å². The molecule has 1 saturated heterocycles. The van der Waals surface area contributed by atoms with Crippen LogP contribution in [0.5, 0.6) is 0 Å². The number of hydrogen-bond acceptors (Lipinski definition) is 7. The summed E-state index contributed by atoms with van der Waals surface area (Å²) in [5.41, 5.74) is 2.12. The molecule has 1 aliphatic rings. The summed E-state index contributed by atoms with van der Waals surface area (Å²) < 4.78 is 5.09. The summed E-state index contributed by atoms with van der Waals surface area (Å²) >= 11 is 0. The maximum atomic E-state index is 13.0. The topological polar surface area (TPSA) is 105 Å². The number of piperazine rings is 1. The second-order valence-corrected chi connectivity index (χ2v) is 7.59. The molecule has 1 N–H and O–H groups in total. The zero-order chi connectivity index (χ0) is 23.3. The fourth-order valence-electron chi connectivity index (χ4n) is 3.70. The van der Waals surface area contributed by atoms with Gasteiger partial charge in [0.2, 0.25) is 0 Å². The molecule has 9 heteroatoms. The first-order chi connectivity index (χ1) is 15.3. The van der Waals surface area contributed by atoms with Crippen LogP contribution < -0.4 is 10.2 Å². The van der Waals surface area contributed by atoms with E-state index in [1.54, 1.807) is 44.2 Å². The average Bonchev–Trinajstić information content (AvgIpc) is 2.79. The molecule has 0 saturated carbocycles. The maximum absolute atomic E-state index is 13.0. The van der Waals surface area contributed by atoms with E-state index in [4.69, 9.17) is 4.74 Å². The summed E-state index contributed by atoms with van der Waals surface area (Å²) in [6.45, 7) is 10.1. The number of nitro groups is 1. The van der Waals surface area contributed by atoms with Crippen molar-refractivity contribution in [2.45, 2.75) is 20.8 Å². The van der Waals surface area contributed by atoms with Gasteiger partial charge in [-0.1, -0.05) is 13.0 Å². The quantitative estimate of drug-likeness (QED) is 0.399. The normalized spacial score (nSPS) is 14.2. The molecule has 0 spiro atoms. The first kappa shape index (κ1) is 23.2. The van der Waals surface area contributed by atoms with Crippen molar-refractivity contribution in [1.29, 1.82) is 0 Å². The van der Waals surface area contributed by atoms with Crippen LogP contribution in [0.3, 0.4) is 0 Å². The predicted molar refractivity (Wildman–Crippen MR) is 123 cm³/mol. The fourth-order valence-corrected chi connectivity index (χ4v) is 3.70. The van der Waals surface area contributed by atoms with Crippen molar-refractivity contribution in [1.82, 2.24) is 4.90 Å². The van der Waals surface area contributed by atoms with E-state index in [0.29, 0.717) is 16.8 Å². The summed E-state index contributed by atoms with van der Waals surface area (Å²) in [6.07, 6.45) is 0. The number of amides is 1. The van der Waals surface area contributed by atoms with Crippen LogP contribution in [0.15, 0.2) is 36.4 Å². The van der Waals surface area contributed by atoms with Gasteiger partial charge in [-0.3, -0.25) is 14.9 Å². The Kier molecular flexibility index (Phi) is 7.42. The van der Waals surface area contributed by atoms with E-state index in [2.05, 4.69) is 22.0 Å².